The van der Waals surface area contributed by atoms with Crippen molar-refractivity contribution in [3.05, 3.63) is 42.1 Å². The third-order valence-corrected chi connectivity index (χ3v) is 4.88. The zero-order valence-corrected chi connectivity index (χ0v) is 14.8. The second kappa shape index (κ2) is 7.65. The largest absolute Gasteiger partial charge is 0.376 e. The second-order valence-corrected chi connectivity index (χ2v) is 6.46. The number of nitrogens with zero attached hydrogens (tertiary/aromatic N) is 3. The minimum absolute atomic E-state index is 0.194. The van der Waals surface area contributed by atoms with Crippen LogP contribution in [0.1, 0.15) is 37.1 Å². The first-order valence-corrected chi connectivity index (χ1v) is 8.65. The molecule has 0 spiro atoms. The van der Waals surface area contributed by atoms with Gasteiger partial charge in [-0.1, -0.05) is 18.9 Å². The fraction of sp³-hybridized carbons (Fsp3) is 0.500. The Morgan fingerprint density at radius 1 is 1.28 bits per heavy atom. The van der Waals surface area contributed by atoms with Crippen molar-refractivity contribution in [2.45, 2.75) is 44.8 Å². The first kappa shape index (κ1) is 17.4. The zero-order chi connectivity index (χ0) is 17.7. The average Bonchev–Trinajstić information content (AvgIpc) is 3.28. The number of aryl methyl sites for hydroxylation is 1. The van der Waals surface area contributed by atoms with Crippen molar-refractivity contribution in [1.29, 1.82) is 0 Å². The van der Waals surface area contributed by atoms with Gasteiger partial charge in [0.2, 0.25) is 0 Å². The number of carbonyl (C=O) groups is 1. The van der Waals surface area contributed by atoms with Crippen LogP contribution in [0.2, 0.25) is 0 Å². The number of pyridine rings is 1. The molecule has 2 aromatic rings. The number of carbonyl (C=O) groups excluding carboxylic acids is 1. The Labute approximate surface area is 147 Å². The minimum Gasteiger partial charge on any atom is -0.376 e. The molecule has 7 heteroatoms. The molecule has 7 nitrogen and oxygen atoms in total. The van der Waals surface area contributed by atoms with Gasteiger partial charge in [-0.2, -0.15) is 0 Å². The lowest BCUT2D eigenvalue weighted by Crippen LogP contribution is -2.45. The second-order valence-electron chi connectivity index (χ2n) is 6.46. The fourth-order valence-electron chi connectivity index (χ4n) is 3.34. The van der Waals surface area contributed by atoms with E-state index in [4.69, 9.17) is 4.74 Å². The number of nitrogens with one attached hydrogen (secondary N) is 2. The third kappa shape index (κ3) is 3.99. The van der Waals surface area contributed by atoms with Crippen LogP contribution in [0, 0.1) is 6.92 Å². The van der Waals surface area contributed by atoms with E-state index in [1.165, 1.54) is 0 Å². The molecule has 1 aliphatic rings. The van der Waals surface area contributed by atoms with E-state index in [1.54, 1.807) is 19.5 Å². The molecular formula is C18H25N5O2. The first-order valence-electron chi connectivity index (χ1n) is 8.65. The van der Waals surface area contributed by atoms with E-state index in [9.17, 15) is 4.79 Å². The van der Waals surface area contributed by atoms with Crippen molar-refractivity contribution in [3.63, 3.8) is 0 Å². The zero-order valence-electron chi connectivity index (χ0n) is 14.8. The summed E-state index contributed by atoms with van der Waals surface area (Å²) in [7, 11) is 1.72. The molecule has 1 aliphatic carbocycles. The maximum Gasteiger partial charge on any atom is 0.315 e. The molecule has 0 atom stereocenters. The molecule has 0 aromatic carbocycles. The Bertz CT molecular complexity index is 722. The summed E-state index contributed by atoms with van der Waals surface area (Å²) in [6.45, 7) is 2.85. The Balaban J connectivity index is 1.59. The molecular weight excluding hydrogens is 318 g/mol. The molecule has 1 saturated carbocycles. The summed E-state index contributed by atoms with van der Waals surface area (Å²) in [5, 5.41) is 5.84. The van der Waals surface area contributed by atoms with Crippen LogP contribution in [0.4, 0.5) is 4.79 Å². The number of methoxy groups -OCH3 is 1. The molecule has 25 heavy (non-hydrogen) atoms. The number of amides is 2. The SMILES string of the molecule is COC1(CNC(=O)NCc2cccnc2-n2ccnc2C)CCCC1. The highest BCUT2D eigenvalue weighted by atomic mass is 16.5. The molecule has 2 aromatic heterocycles. The summed E-state index contributed by atoms with van der Waals surface area (Å²) in [6, 6.07) is 3.62. The van der Waals surface area contributed by atoms with Crippen molar-refractivity contribution in [3.8, 4) is 5.82 Å². The van der Waals surface area contributed by atoms with E-state index < -0.39 is 0 Å². The highest BCUT2D eigenvalue weighted by molar-refractivity contribution is 5.74. The van der Waals surface area contributed by atoms with Crippen LogP contribution in [-0.2, 0) is 11.3 Å². The van der Waals surface area contributed by atoms with Gasteiger partial charge in [0.05, 0.1) is 5.60 Å². The molecule has 0 radical (unpaired) electrons. The van der Waals surface area contributed by atoms with E-state index in [2.05, 4.69) is 20.6 Å². The number of imidazole rings is 1. The van der Waals surface area contributed by atoms with Crippen LogP contribution in [0.3, 0.4) is 0 Å². The Morgan fingerprint density at radius 3 is 2.76 bits per heavy atom. The van der Waals surface area contributed by atoms with Gasteiger partial charge in [0.15, 0.2) is 0 Å². The monoisotopic (exact) mass is 343 g/mol. The maximum atomic E-state index is 12.2. The number of urea groups is 1. The summed E-state index contributed by atoms with van der Waals surface area (Å²) >= 11 is 0. The van der Waals surface area contributed by atoms with Gasteiger partial charge < -0.3 is 15.4 Å². The van der Waals surface area contributed by atoms with Crippen LogP contribution in [0.25, 0.3) is 5.82 Å². The molecule has 3 rings (SSSR count). The predicted octanol–water partition coefficient (Wildman–Crippen LogP) is 2.33. The van der Waals surface area contributed by atoms with Gasteiger partial charge in [-0.15, -0.1) is 0 Å². The van der Waals surface area contributed by atoms with Crippen LogP contribution < -0.4 is 10.6 Å². The van der Waals surface area contributed by atoms with Crippen molar-refractivity contribution in [1.82, 2.24) is 25.2 Å². The lowest BCUT2D eigenvalue weighted by Gasteiger charge is -2.27. The number of ether oxygens (including phenoxy) is 1. The summed E-state index contributed by atoms with van der Waals surface area (Å²) in [5.41, 5.74) is 0.728. The average molecular weight is 343 g/mol. The number of rotatable bonds is 6. The molecule has 0 bridgehead atoms. The highest BCUT2D eigenvalue weighted by Crippen LogP contribution is 2.31. The van der Waals surface area contributed by atoms with Crippen LogP contribution in [0.15, 0.2) is 30.7 Å². The number of hydrogen-bond acceptors (Lipinski definition) is 4. The normalized spacial score (nSPS) is 15.9. The topological polar surface area (TPSA) is 81.1 Å². The highest BCUT2D eigenvalue weighted by Gasteiger charge is 2.33. The minimum atomic E-state index is -0.204. The Hall–Kier alpha value is -2.41. The van der Waals surface area contributed by atoms with E-state index in [-0.39, 0.29) is 11.6 Å². The smallest absolute Gasteiger partial charge is 0.315 e. The van der Waals surface area contributed by atoms with E-state index in [0.29, 0.717) is 13.1 Å². The predicted molar refractivity (Wildman–Crippen MR) is 94.5 cm³/mol. The quantitative estimate of drug-likeness (QED) is 0.843. The van der Waals surface area contributed by atoms with Gasteiger partial charge in [0, 0.05) is 44.4 Å². The van der Waals surface area contributed by atoms with Gasteiger partial charge in [-0.3, -0.25) is 4.57 Å². The number of aromatic nitrogens is 3. The summed E-state index contributed by atoms with van der Waals surface area (Å²) in [5.74, 6) is 1.63. The van der Waals surface area contributed by atoms with Gasteiger partial charge in [-0.25, -0.2) is 14.8 Å². The van der Waals surface area contributed by atoms with E-state index in [1.807, 2.05) is 29.8 Å². The molecule has 134 valence electrons. The molecule has 0 aliphatic heterocycles. The lowest BCUT2D eigenvalue weighted by molar-refractivity contribution is -0.00110. The Kier molecular flexibility index (Phi) is 5.33. The van der Waals surface area contributed by atoms with Crippen molar-refractivity contribution >= 4 is 6.03 Å². The van der Waals surface area contributed by atoms with Gasteiger partial charge in [0.1, 0.15) is 11.6 Å². The summed E-state index contributed by atoms with van der Waals surface area (Å²) in [6.07, 6.45) is 9.64. The summed E-state index contributed by atoms with van der Waals surface area (Å²) in [4.78, 5) is 20.8. The van der Waals surface area contributed by atoms with Gasteiger partial charge in [0.25, 0.3) is 0 Å². The lowest BCUT2D eigenvalue weighted by atomic mass is 10.0. The molecule has 1 fully saturated rings. The van der Waals surface area contributed by atoms with Crippen LogP contribution in [-0.4, -0.2) is 39.8 Å². The maximum absolute atomic E-state index is 12.2. The van der Waals surface area contributed by atoms with Gasteiger partial charge in [-0.05, 0) is 25.8 Å². The van der Waals surface area contributed by atoms with Crippen LogP contribution >= 0.6 is 0 Å². The van der Waals surface area contributed by atoms with E-state index >= 15 is 0 Å². The van der Waals surface area contributed by atoms with Crippen molar-refractivity contribution in [2.24, 2.45) is 0 Å². The van der Waals surface area contributed by atoms with E-state index in [0.717, 1.165) is 42.9 Å². The molecule has 0 unspecified atom stereocenters. The molecule has 2 heterocycles. The molecule has 2 amide bonds. The third-order valence-electron chi connectivity index (χ3n) is 4.88. The van der Waals surface area contributed by atoms with Crippen molar-refractivity contribution < 1.29 is 9.53 Å². The summed E-state index contributed by atoms with van der Waals surface area (Å²) < 4.78 is 7.54. The first-order chi connectivity index (χ1) is 12.1. The van der Waals surface area contributed by atoms with Crippen LogP contribution in [0.5, 0.6) is 0 Å². The Morgan fingerprint density at radius 2 is 2.08 bits per heavy atom. The van der Waals surface area contributed by atoms with Crippen molar-refractivity contribution in [2.75, 3.05) is 13.7 Å². The molecule has 0 saturated heterocycles. The standard InChI is InChI=1S/C18H25N5O2/c1-14-19-10-11-23(14)16-15(6-5-9-20-16)12-21-17(24)22-13-18(25-2)7-3-4-8-18/h5-6,9-11H,3-4,7-8,12-13H2,1-2H3,(H2,21,22,24). The fourth-order valence-corrected chi connectivity index (χ4v) is 3.34. The van der Waals surface area contributed by atoms with Gasteiger partial charge >= 0.3 is 6.03 Å². The molecule has 2 N–H and O–H groups in total. The number of hydrogen-bond donors (Lipinski definition) is 2.